The molecule has 102 valence electrons. The Bertz CT molecular complexity index is 501. The summed E-state index contributed by atoms with van der Waals surface area (Å²) < 4.78 is 23.8. The molecule has 1 aromatic rings. The number of rotatable bonds is 4. The van der Waals surface area contributed by atoms with Crippen molar-refractivity contribution >= 4 is 9.84 Å². The summed E-state index contributed by atoms with van der Waals surface area (Å²) in [7, 11) is -1.34. The summed E-state index contributed by atoms with van der Waals surface area (Å²) in [5.74, 6) is 0.123. The monoisotopic (exact) mass is 269 g/mol. The van der Waals surface area contributed by atoms with Gasteiger partial charge in [-0.1, -0.05) is 24.3 Å². The average molecular weight is 269 g/mol. The topological polar surface area (TPSA) is 46.2 Å². The average Bonchev–Trinajstić information content (AvgIpc) is 2.25. The van der Waals surface area contributed by atoms with Gasteiger partial charge in [0.2, 0.25) is 0 Å². The third-order valence-corrected chi connectivity index (χ3v) is 5.87. The number of aryl methyl sites for hydroxylation is 1. The van der Waals surface area contributed by atoms with Crippen molar-refractivity contribution in [1.29, 1.82) is 0 Å². The minimum atomic E-state index is -3.14. The van der Waals surface area contributed by atoms with Crippen LogP contribution in [0.15, 0.2) is 24.3 Å². The second kappa shape index (κ2) is 5.41. The first-order valence-electron chi connectivity index (χ1n) is 6.14. The van der Waals surface area contributed by atoms with Crippen LogP contribution in [0, 0.1) is 6.92 Å². The first kappa shape index (κ1) is 15.2. The van der Waals surface area contributed by atoms with Crippen LogP contribution >= 0.6 is 0 Å². The maximum Gasteiger partial charge on any atom is 0.157 e. The van der Waals surface area contributed by atoms with E-state index in [0.29, 0.717) is 0 Å². The molecule has 0 radical (unpaired) electrons. The van der Waals surface area contributed by atoms with E-state index in [-0.39, 0.29) is 11.8 Å². The Labute approximate surface area is 111 Å². The molecule has 0 fully saturated rings. The van der Waals surface area contributed by atoms with Gasteiger partial charge in [0.25, 0.3) is 0 Å². The first-order valence-corrected chi connectivity index (χ1v) is 7.79. The largest absolute Gasteiger partial charge is 0.312 e. The maximum atomic E-state index is 12.3. The van der Waals surface area contributed by atoms with Crippen molar-refractivity contribution in [2.45, 2.75) is 38.5 Å². The summed E-state index contributed by atoms with van der Waals surface area (Å²) in [6.07, 6.45) is 0. The second-order valence-corrected chi connectivity index (χ2v) is 8.38. The molecule has 0 aliphatic heterocycles. The highest BCUT2D eigenvalue weighted by atomic mass is 32.2. The summed E-state index contributed by atoms with van der Waals surface area (Å²) >= 11 is 0. The molecule has 1 rings (SSSR count). The van der Waals surface area contributed by atoms with E-state index in [1.54, 1.807) is 27.8 Å². The fraction of sp³-hybridized carbons (Fsp3) is 0.571. The van der Waals surface area contributed by atoms with Crippen LogP contribution in [0.3, 0.4) is 0 Å². The zero-order valence-electron chi connectivity index (χ0n) is 11.8. The van der Waals surface area contributed by atoms with Crippen LogP contribution in [0.2, 0.25) is 0 Å². The molecule has 0 saturated carbocycles. The molecule has 0 aliphatic rings. The summed E-state index contributed by atoms with van der Waals surface area (Å²) in [6.45, 7) is 7.23. The predicted molar refractivity (Wildman–Crippen MR) is 76.5 cm³/mol. The van der Waals surface area contributed by atoms with Crippen LogP contribution in [0.5, 0.6) is 0 Å². The van der Waals surface area contributed by atoms with Crippen LogP contribution < -0.4 is 5.32 Å². The summed E-state index contributed by atoms with van der Waals surface area (Å²) in [4.78, 5) is 0. The van der Waals surface area contributed by atoms with Gasteiger partial charge in [-0.25, -0.2) is 8.42 Å². The smallest absolute Gasteiger partial charge is 0.157 e. The fourth-order valence-electron chi connectivity index (χ4n) is 1.78. The first-order chi connectivity index (χ1) is 8.19. The zero-order valence-corrected chi connectivity index (χ0v) is 12.6. The van der Waals surface area contributed by atoms with Gasteiger partial charge in [-0.15, -0.1) is 0 Å². The molecule has 0 heterocycles. The van der Waals surface area contributed by atoms with E-state index in [1.807, 2.05) is 31.2 Å². The van der Waals surface area contributed by atoms with Crippen molar-refractivity contribution in [3.63, 3.8) is 0 Å². The molecule has 1 aromatic carbocycles. The number of nitrogens with one attached hydrogen (secondary N) is 1. The number of hydrogen-bond donors (Lipinski definition) is 1. The normalized spacial score (nSPS) is 14.5. The SMILES string of the molecule is CNC(CS(=O)(=O)C(C)(C)C)c1ccccc1C. The molecule has 3 nitrogen and oxygen atoms in total. The highest BCUT2D eigenvalue weighted by Gasteiger charge is 2.32. The van der Waals surface area contributed by atoms with Gasteiger partial charge in [0.05, 0.1) is 10.5 Å². The summed E-state index contributed by atoms with van der Waals surface area (Å²) in [6, 6.07) is 7.73. The van der Waals surface area contributed by atoms with Gasteiger partial charge in [-0.05, 0) is 45.9 Å². The molecular formula is C14H23NO2S. The van der Waals surface area contributed by atoms with Gasteiger partial charge < -0.3 is 5.32 Å². The third kappa shape index (κ3) is 3.33. The van der Waals surface area contributed by atoms with Gasteiger partial charge in [0.1, 0.15) is 0 Å². The molecular weight excluding hydrogens is 246 g/mol. The standard InChI is InChI=1S/C14H23NO2S/c1-11-8-6-7-9-12(11)13(15-5)10-18(16,17)14(2,3)4/h6-9,13,15H,10H2,1-5H3. The predicted octanol–water partition coefficient (Wildman–Crippen LogP) is 2.47. The minimum absolute atomic E-state index is 0.123. The minimum Gasteiger partial charge on any atom is -0.312 e. The molecule has 0 aromatic heterocycles. The number of benzene rings is 1. The lowest BCUT2D eigenvalue weighted by molar-refractivity contribution is 0.542. The Kier molecular flexibility index (Phi) is 4.56. The van der Waals surface area contributed by atoms with E-state index in [9.17, 15) is 8.42 Å². The molecule has 0 aliphatic carbocycles. The van der Waals surface area contributed by atoms with Crippen LogP contribution in [0.4, 0.5) is 0 Å². The van der Waals surface area contributed by atoms with E-state index >= 15 is 0 Å². The van der Waals surface area contributed by atoms with Crippen molar-refractivity contribution in [3.8, 4) is 0 Å². The number of sulfone groups is 1. The molecule has 0 saturated heterocycles. The van der Waals surface area contributed by atoms with E-state index in [4.69, 9.17) is 0 Å². The highest BCUT2D eigenvalue weighted by Crippen LogP contribution is 2.24. The highest BCUT2D eigenvalue weighted by molar-refractivity contribution is 7.92. The fourth-order valence-corrected chi connectivity index (χ4v) is 3.06. The van der Waals surface area contributed by atoms with Gasteiger partial charge in [-0.3, -0.25) is 0 Å². The second-order valence-electron chi connectivity index (χ2n) is 5.59. The van der Waals surface area contributed by atoms with Gasteiger partial charge >= 0.3 is 0 Å². The Morgan fingerprint density at radius 2 is 1.78 bits per heavy atom. The maximum absolute atomic E-state index is 12.3. The molecule has 1 N–H and O–H groups in total. The molecule has 1 unspecified atom stereocenters. The van der Waals surface area contributed by atoms with Gasteiger partial charge in [0.15, 0.2) is 9.84 Å². The Morgan fingerprint density at radius 1 is 1.22 bits per heavy atom. The van der Waals surface area contributed by atoms with Crippen LogP contribution in [0.1, 0.15) is 37.9 Å². The summed E-state index contributed by atoms with van der Waals surface area (Å²) in [5.41, 5.74) is 2.16. The van der Waals surface area contributed by atoms with Crippen molar-refractivity contribution < 1.29 is 8.42 Å². The lowest BCUT2D eigenvalue weighted by atomic mass is 10.0. The van der Waals surface area contributed by atoms with Crippen LogP contribution in [-0.2, 0) is 9.84 Å². The Hall–Kier alpha value is -0.870. The molecule has 4 heteroatoms. The molecule has 0 amide bonds. The van der Waals surface area contributed by atoms with Crippen molar-refractivity contribution in [2.75, 3.05) is 12.8 Å². The van der Waals surface area contributed by atoms with Crippen LogP contribution in [0.25, 0.3) is 0 Å². The molecule has 0 bridgehead atoms. The van der Waals surface area contributed by atoms with E-state index < -0.39 is 14.6 Å². The molecule has 0 spiro atoms. The van der Waals surface area contributed by atoms with Crippen molar-refractivity contribution in [1.82, 2.24) is 5.32 Å². The number of hydrogen-bond acceptors (Lipinski definition) is 3. The van der Waals surface area contributed by atoms with Gasteiger partial charge in [-0.2, -0.15) is 0 Å². The Morgan fingerprint density at radius 3 is 2.22 bits per heavy atom. The van der Waals surface area contributed by atoms with E-state index in [0.717, 1.165) is 11.1 Å². The molecule has 1 atom stereocenters. The molecule has 18 heavy (non-hydrogen) atoms. The Balaban J connectivity index is 3.05. The quantitative estimate of drug-likeness (QED) is 0.913. The van der Waals surface area contributed by atoms with Crippen molar-refractivity contribution in [3.05, 3.63) is 35.4 Å². The van der Waals surface area contributed by atoms with E-state index in [2.05, 4.69) is 5.32 Å². The van der Waals surface area contributed by atoms with Crippen LogP contribution in [-0.4, -0.2) is 26.0 Å². The van der Waals surface area contributed by atoms with E-state index in [1.165, 1.54) is 0 Å². The lowest BCUT2D eigenvalue weighted by Crippen LogP contribution is -2.36. The van der Waals surface area contributed by atoms with Crippen molar-refractivity contribution in [2.24, 2.45) is 0 Å². The zero-order chi connectivity index (χ0) is 14.0. The van der Waals surface area contributed by atoms with Gasteiger partial charge in [0, 0.05) is 6.04 Å². The summed E-state index contributed by atoms with van der Waals surface area (Å²) in [5, 5.41) is 3.11. The third-order valence-electron chi connectivity index (χ3n) is 3.23. The lowest BCUT2D eigenvalue weighted by Gasteiger charge is -2.25.